The zero-order valence-corrected chi connectivity index (χ0v) is 21.0. The van der Waals surface area contributed by atoms with Crippen molar-refractivity contribution in [1.29, 1.82) is 0 Å². The van der Waals surface area contributed by atoms with Crippen LogP contribution in [0.3, 0.4) is 0 Å². The van der Waals surface area contributed by atoms with Gasteiger partial charge in [-0.1, -0.05) is 54.9 Å². The van der Waals surface area contributed by atoms with Crippen molar-refractivity contribution in [2.45, 2.75) is 32.5 Å². The van der Waals surface area contributed by atoms with Gasteiger partial charge in [0.2, 0.25) is 5.91 Å². The van der Waals surface area contributed by atoms with Crippen molar-refractivity contribution < 1.29 is 18.0 Å². The minimum Gasteiger partial charge on any atom is -0.355 e. The molecule has 0 aliphatic carbocycles. The summed E-state index contributed by atoms with van der Waals surface area (Å²) in [6.07, 6.45) is -3.45. The molecule has 0 spiro atoms. The first-order chi connectivity index (χ1) is 17.8. The lowest BCUT2D eigenvalue weighted by Gasteiger charge is -2.25. The number of amides is 1. The first-order valence-electron chi connectivity index (χ1n) is 12.0. The van der Waals surface area contributed by atoms with Crippen molar-refractivity contribution in [2.75, 3.05) is 18.0 Å². The van der Waals surface area contributed by atoms with Gasteiger partial charge in [0.1, 0.15) is 5.82 Å². The van der Waals surface area contributed by atoms with Crippen molar-refractivity contribution in [2.24, 2.45) is 0 Å². The fraction of sp³-hybridized carbons (Fsp3) is 0.250. The molecule has 0 unspecified atom stereocenters. The van der Waals surface area contributed by atoms with E-state index >= 15 is 0 Å². The number of rotatable bonds is 9. The highest BCUT2D eigenvalue weighted by Crippen LogP contribution is 2.31. The molecule has 1 heterocycles. The van der Waals surface area contributed by atoms with Crippen LogP contribution in [0, 0.1) is 0 Å². The van der Waals surface area contributed by atoms with Gasteiger partial charge in [0.05, 0.1) is 16.1 Å². The summed E-state index contributed by atoms with van der Waals surface area (Å²) >= 11 is 6.42. The molecule has 0 fully saturated rings. The Balaban J connectivity index is 1.53. The second kappa shape index (κ2) is 11.6. The van der Waals surface area contributed by atoms with Gasteiger partial charge in [0.15, 0.2) is 5.82 Å². The van der Waals surface area contributed by atoms with E-state index in [2.05, 4.69) is 5.32 Å². The molecule has 0 saturated carbocycles. The predicted octanol–water partition coefficient (Wildman–Crippen LogP) is 6.89. The van der Waals surface area contributed by atoms with Gasteiger partial charge in [0.25, 0.3) is 0 Å². The number of benzene rings is 3. The summed E-state index contributed by atoms with van der Waals surface area (Å²) in [5.74, 6) is 0.936. The summed E-state index contributed by atoms with van der Waals surface area (Å²) in [5.41, 5.74) is 1.13. The largest absolute Gasteiger partial charge is 0.416 e. The third-order valence-corrected chi connectivity index (χ3v) is 6.17. The summed E-state index contributed by atoms with van der Waals surface area (Å²) in [7, 11) is 0. The SMILES string of the molecule is CCCN(CCC(=O)NCc1cccc(C(F)(F)F)c1)c1nc(-c2ccccc2Cl)nc2ccccc12. The number of hydrogen-bond donors (Lipinski definition) is 1. The predicted molar refractivity (Wildman–Crippen MR) is 140 cm³/mol. The van der Waals surface area contributed by atoms with Crippen molar-refractivity contribution in [3.8, 4) is 11.4 Å². The third kappa shape index (κ3) is 6.57. The number of carbonyl (C=O) groups is 1. The van der Waals surface area contributed by atoms with Crippen LogP contribution in [0.15, 0.2) is 72.8 Å². The number of carbonyl (C=O) groups excluding carboxylic acids is 1. The van der Waals surface area contributed by atoms with Crippen molar-refractivity contribution in [1.82, 2.24) is 15.3 Å². The fourth-order valence-corrected chi connectivity index (χ4v) is 4.26. The zero-order chi connectivity index (χ0) is 26.4. The topological polar surface area (TPSA) is 58.1 Å². The molecular weight excluding hydrogens is 501 g/mol. The molecule has 0 radical (unpaired) electrons. The number of fused-ring (bicyclic) bond motifs is 1. The van der Waals surface area contributed by atoms with Gasteiger partial charge in [-0.3, -0.25) is 4.79 Å². The van der Waals surface area contributed by atoms with Crippen molar-refractivity contribution >= 4 is 34.2 Å². The standard InChI is InChI=1S/C28H26ClF3N4O/c1-2-15-36(16-14-25(37)33-18-19-8-7-9-20(17-19)28(30,31)32)27-22-11-4-6-13-24(22)34-26(35-27)21-10-3-5-12-23(21)29/h3-13,17H,2,14-16,18H2,1H3,(H,33,37). The maximum absolute atomic E-state index is 13.0. The number of aromatic nitrogens is 2. The van der Waals surface area contributed by atoms with Gasteiger partial charge in [-0.15, -0.1) is 0 Å². The molecule has 1 N–H and O–H groups in total. The summed E-state index contributed by atoms with van der Waals surface area (Å²) in [4.78, 5) is 24.2. The number of hydrogen-bond acceptors (Lipinski definition) is 4. The van der Waals surface area contributed by atoms with Crippen LogP contribution in [-0.4, -0.2) is 29.0 Å². The van der Waals surface area contributed by atoms with Crippen LogP contribution >= 0.6 is 11.6 Å². The first-order valence-corrected chi connectivity index (χ1v) is 12.3. The maximum Gasteiger partial charge on any atom is 0.416 e. The van der Waals surface area contributed by atoms with E-state index in [1.807, 2.05) is 54.3 Å². The molecule has 4 rings (SSSR count). The van der Waals surface area contributed by atoms with E-state index in [0.29, 0.717) is 40.9 Å². The molecular formula is C28H26ClF3N4O. The lowest BCUT2D eigenvalue weighted by Crippen LogP contribution is -2.32. The molecule has 3 aromatic carbocycles. The third-order valence-electron chi connectivity index (χ3n) is 5.84. The summed E-state index contributed by atoms with van der Waals surface area (Å²) in [5, 5.41) is 4.12. The first kappa shape index (κ1) is 26.4. The Morgan fingerprint density at radius 3 is 2.49 bits per heavy atom. The summed E-state index contributed by atoms with van der Waals surface area (Å²) in [6.45, 7) is 3.10. The minimum absolute atomic E-state index is 0.0175. The Bertz CT molecular complexity index is 1390. The van der Waals surface area contributed by atoms with Crippen LogP contribution in [0.1, 0.15) is 30.9 Å². The molecule has 0 bridgehead atoms. The van der Waals surface area contributed by atoms with Gasteiger partial charge in [-0.05, 0) is 48.4 Å². The second-order valence-corrected chi connectivity index (χ2v) is 8.99. The zero-order valence-electron chi connectivity index (χ0n) is 20.2. The Morgan fingerprint density at radius 2 is 1.73 bits per heavy atom. The lowest BCUT2D eigenvalue weighted by atomic mass is 10.1. The van der Waals surface area contributed by atoms with Gasteiger partial charge >= 0.3 is 6.18 Å². The molecule has 0 saturated heterocycles. The van der Waals surface area contributed by atoms with Crippen LogP contribution in [0.25, 0.3) is 22.3 Å². The average Bonchev–Trinajstić information content (AvgIpc) is 2.89. The van der Waals surface area contributed by atoms with E-state index in [0.717, 1.165) is 29.5 Å². The smallest absolute Gasteiger partial charge is 0.355 e. The molecule has 192 valence electrons. The molecule has 0 atom stereocenters. The van der Waals surface area contributed by atoms with E-state index in [-0.39, 0.29) is 18.9 Å². The van der Waals surface area contributed by atoms with Crippen LogP contribution < -0.4 is 10.2 Å². The number of para-hydroxylation sites is 1. The number of anilines is 1. The highest BCUT2D eigenvalue weighted by molar-refractivity contribution is 6.33. The van der Waals surface area contributed by atoms with Crippen molar-refractivity contribution in [3.63, 3.8) is 0 Å². The molecule has 37 heavy (non-hydrogen) atoms. The molecule has 0 aliphatic rings. The summed E-state index contributed by atoms with van der Waals surface area (Å²) in [6, 6.07) is 20.0. The van der Waals surface area contributed by atoms with Crippen LogP contribution in [0.2, 0.25) is 5.02 Å². The molecule has 4 aromatic rings. The maximum atomic E-state index is 13.0. The quantitative estimate of drug-likeness (QED) is 0.258. The Hall–Kier alpha value is -3.65. The molecule has 9 heteroatoms. The van der Waals surface area contributed by atoms with Gasteiger partial charge in [-0.25, -0.2) is 9.97 Å². The van der Waals surface area contributed by atoms with E-state index in [1.165, 1.54) is 6.07 Å². The van der Waals surface area contributed by atoms with Crippen molar-refractivity contribution in [3.05, 3.63) is 88.9 Å². The van der Waals surface area contributed by atoms with Crippen LogP contribution in [0.5, 0.6) is 0 Å². The average molecular weight is 527 g/mol. The van der Waals surface area contributed by atoms with E-state index in [4.69, 9.17) is 21.6 Å². The van der Waals surface area contributed by atoms with Crippen LogP contribution in [-0.2, 0) is 17.5 Å². The number of nitrogens with one attached hydrogen (secondary N) is 1. The minimum atomic E-state index is -4.43. The lowest BCUT2D eigenvalue weighted by molar-refractivity contribution is -0.137. The summed E-state index contributed by atoms with van der Waals surface area (Å²) < 4.78 is 38.9. The Labute approximate surface area is 218 Å². The second-order valence-electron chi connectivity index (χ2n) is 8.58. The Morgan fingerprint density at radius 1 is 0.973 bits per heavy atom. The molecule has 1 amide bonds. The van der Waals surface area contributed by atoms with E-state index in [1.54, 1.807) is 12.1 Å². The van der Waals surface area contributed by atoms with Crippen LogP contribution in [0.4, 0.5) is 19.0 Å². The number of nitrogens with zero attached hydrogens (tertiary/aromatic N) is 3. The van der Waals surface area contributed by atoms with E-state index in [9.17, 15) is 18.0 Å². The molecule has 5 nitrogen and oxygen atoms in total. The monoisotopic (exact) mass is 526 g/mol. The normalized spacial score (nSPS) is 11.5. The fourth-order valence-electron chi connectivity index (χ4n) is 4.04. The van der Waals surface area contributed by atoms with E-state index < -0.39 is 11.7 Å². The highest BCUT2D eigenvalue weighted by Gasteiger charge is 2.30. The highest BCUT2D eigenvalue weighted by atomic mass is 35.5. The number of halogens is 4. The molecule has 0 aliphatic heterocycles. The number of alkyl halides is 3. The molecule has 1 aromatic heterocycles. The van der Waals surface area contributed by atoms with Gasteiger partial charge in [0, 0.05) is 37.0 Å². The van der Waals surface area contributed by atoms with Gasteiger partial charge < -0.3 is 10.2 Å². The Kier molecular flexibility index (Phi) is 8.28. The van der Waals surface area contributed by atoms with Gasteiger partial charge in [-0.2, -0.15) is 13.2 Å².